The molecule has 0 N–H and O–H groups in total. The van der Waals surface area contributed by atoms with Gasteiger partial charge in [-0.1, -0.05) is 130 Å². The van der Waals surface area contributed by atoms with E-state index in [0.717, 1.165) is 16.9 Å². The number of carbonyl (C=O) groups is 1. The number of esters is 1. The van der Waals surface area contributed by atoms with Crippen LogP contribution in [0.1, 0.15) is 44.7 Å². The van der Waals surface area contributed by atoms with Gasteiger partial charge in [-0.05, 0) is 39.2 Å². The summed E-state index contributed by atoms with van der Waals surface area (Å²) in [6.45, 7) is 7.08. The van der Waals surface area contributed by atoms with Crippen LogP contribution in [-0.4, -0.2) is 14.3 Å². The van der Waals surface area contributed by atoms with Gasteiger partial charge in [0.15, 0.2) is 0 Å². The predicted molar refractivity (Wildman–Crippen MR) is 157 cm³/mol. The van der Waals surface area contributed by atoms with Crippen LogP contribution in [0.5, 0.6) is 5.75 Å². The van der Waals surface area contributed by atoms with Gasteiger partial charge in [0.25, 0.3) is 0 Å². The normalized spacial score (nSPS) is 11.2. The Bertz CT molecular complexity index is 1340. The third-order valence-corrected chi connectivity index (χ3v) is 11.4. The lowest BCUT2D eigenvalue weighted by atomic mass is 10.2. The molecule has 0 unspecified atom stereocenters. The third-order valence-electron chi connectivity index (χ3n) is 6.45. The van der Waals surface area contributed by atoms with E-state index in [-0.39, 0.29) is 24.0 Å². The number of hydrogen-bond acceptors (Lipinski definition) is 3. The first-order chi connectivity index (χ1) is 18.4. The van der Waals surface area contributed by atoms with E-state index in [2.05, 4.69) is 81.1 Å². The van der Waals surface area contributed by atoms with E-state index in [1.165, 1.54) is 10.4 Å². The van der Waals surface area contributed by atoms with E-state index in [9.17, 15) is 4.79 Å². The number of benzene rings is 4. The average Bonchev–Trinajstić information content (AvgIpc) is 2.94. The van der Waals surface area contributed by atoms with Crippen LogP contribution in [0.15, 0.2) is 115 Å². The molecule has 4 aromatic carbocycles. The van der Waals surface area contributed by atoms with Gasteiger partial charge in [-0.3, -0.25) is 4.79 Å². The second-order valence-corrected chi connectivity index (χ2v) is 14.5. The maximum atomic E-state index is 12.1. The van der Waals surface area contributed by atoms with Gasteiger partial charge in [-0.15, -0.1) is 0 Å². The Morgan fingerprint density at radius 2 is 1.34 bits per heavy atom. The lowest BCUT2D eigenvalue weighted by Crippen LogP contribution is -2.68. The summed E-state index contributed by atoms with van der Waals surface area (Å²) in [4.78, 5) is 12.1. The van der Waals surface area contributed by atoms with E-state index < -0.39 is 8.32 Å². The topological polar surface area (TPSA) is 35.5 Å². The smallest absolute Gasteiger partial charge is 0.319 e. The highest BCUT2D eigenvalue weighted by molar-refractivity contribution is 7.00. The predicted octanol–water partition coefficient (Wildman–Crippen LogP) is 6.50. The molecule has 0 bridgehead atoms. The molecule has 0 aliphatic rings. The van der Waals surface area contributed by atoms with E-state index in [1.54, 1.807) is 0 Å². The lowest BCUT2D eigenvalue weighted by Gasteiger charge is -2.43. The molecule has 0 amide bonds. The molecule has 0 aliphatic carbocycles. The number of hydrogen-bond donors (Lipinski definition) is 0. The van der Waals surface area contributed by atoms with Crippen LogP contribution in [0, 0.1) is 11.8 Å². The van der Waals surface area contributed by atoms with Crippen molar-refractivity contribution in [1.29, 1.82) is 0 Å². The van der Waals surface area contributed by atoms with Crippen LogP contribution < -0.4 is 14.8 Å². The molecule has 0 atom stereocenters. The first-order valence-corrected chi connectivity index (χ1v) is 14.9. The Labute approximate surface area is 227 Å². The lowest BCUT2D eigenvalue weighted by molar-refractivity contribution is -0.144. The maximum Gasteiger partial charge on any atom is 0.319 e. The number of rotatable bonds is 8. The standard InChI is InChI=1S/C34H34O3Si/c1-34(2,3)38(31-21-9-5-10-22-31,32-23-11-6-12-24-32)37-30-20-15-19-28(26-30)16-13-14-25-33(35)36-27-29-17-7-4-8-18-29/h4-12,15,17-24,26H,14,25,27H2,1-3H3. The minimum atomic E-state index is -2.71. The van der Waals surface area contributed by atoms with Crippen molar-refractivity contribution in [2.75, 3.05) is 0 Å². The van der Waals surface area contributed by atoms with Crippen molar-refractivity contribution in [3.8, 4) is 17.6 Å². The maximum absolute atomic E-state index is 12.1. The largest absolute Gasteiger partial charge is 0.534 e. The molecule has 3 nitrogen and oxygen atoms in total. The van der Waals surface area contributed by atoms with Gasteiger partial charge in [0.1, 0.15) is 12.4 Å². The summed E-state index contributed by atoms with van der Waals surface area (Å²) in [6.07, 6.45) is 0.700. The Hall–Kier alpha value is -4.07. The quantitative estimate of drug-likeness (QED) is 0.152. The molecule has 4 heteroatoms. The number of carbonyl (C=O) groups excluding carboxylic acids is 1. The SMILES string of the molecule is CC(C)(C)[Si](Oc1cccc(C#CCCC(=O)OCc2ccccc2)c1)(c1ccccc1)c1ccccc1. The highest BCUT2D eigenvalue weighted by Crippen LogP contribution is 2.37. The molecular weight excluding hydrogens is 484 g/mol. The summed E-state index contributed by atoms with van der Waals surface area (Å²) in [5, 5.41) is 2.32. The summed E-state index contributed by atoms with van der Waals surface area (Å²) in [6, 6.07) is 38.8. The fourth-order valence-corrected chi connectivity index (χ4v) is 9.01. The number of ether oxygens (including phenoxy) is 1. The monoisotopic (exact) mass is 518 g/mol. The second-order valence-electron chi connectivity index (χ2n) is 10.2. The van der Waals surface area contributed by atoms with Gasteiger partial charge in [0.2, 0.25) is 0 Å². The molecule has 0 radical (unpaired) electrons. The van der Waals surface area contributed by atoms with Crippen LogP contribution in [0.25, 0.3) is 0 Å². The van der Waals surface area contributed by atoms with Gasteiger partial charge in [0, 0.05) is 12.0 Å². The van der Waals surface area contributed by atoms with Crippen LogP contribution >= 0.6 is 0 Å². The molecule has 4 rings (SSSR count). The van der Waals surface area contributed by atoms with Crippen molar-refractivity contribution >= 4 is 24.7 Å². The summed E-state index contributed by atoms with van der Waals surface area (Å²) < 4.78 is 12.4. The van der Waals surface area contributed by atoms with Gasteiger partial charge in [0.05, 0.1) is 6.42 Å². The molecule has 0 heterocycles. The van der Waals surface area contributed by atoms with Gasteiger partial charge in [-0.25, -0.2) is 0 Å². The minimum absolute atomic E-state index is 0.127. The Kier molecular flexibility index (Phi) is 8.84. The summed E-state index contributed by atoms with van der Waals surface area (Å²) in [5.41, 5.74) is 1.84. The van der Waals surface area contributed by atoms with E-state index in [0.29, 0.717) is 6.42 Å². The molecule has 38 heavy (non-hydrogen) atoms. The minimum Gasteiger partial charge on any atom is -0.534 e. The molecular formula is C34H34O3Si. The van der Waals surface area contributed by atoms with Crippen molar-refractivity contribution in [3.63, 3.8) is 0 Å². The molecule has 0 aliphatic heterocycles. The Morgan fingerprint density at radius 1 is 0.763 bits per heavy atom. The van der Waals surface area contributed by atoms with Crippen molar-refractivity contribution in [1.82, 2.24) is 0 Å². The van der Waals surface area contributed by atoms with Crippen LogP contribution in [0.3, 0.4) is 0 Å². The Balaban J connectivity index is 1.51. The molecule has 0 saturated heterocycles. The van der Waals surface area contributed by atoms with E-state index >= 15 is 0 Å². The summed E-state index contributed by atoms with van der Waals surface area (Å²) in [7, 11) is -2.71. The van der Waals surface area contributed by atoms with Gasteiger partial charge in [-0.2, -0.15) is 0 Å². The van der Waals surface area contributed by atoms with Crippen molar-refractivity contribution in [3.05, 3.63) is 126 Å². The molecule has 0 spiro atoms. The average molecular weight is 519 g/mol. The zero-order valence-corrected chi connectivity index (χ0v) is 23.3. The van der Waals surface area contributed by atoms with E-state index in [4.69, 9.17) is 9.16 Å². The third kappa shape index (κ3) is 6.62. The second kappa shape index (κ2) is 12.4. The fourth-order valence-electron chi connectivity index (χ4n) is 4.60. The zero-order chi connectivity index (χ0) is 26.8. The van der Waals surface area contributed by atoms with Crippen LogP contribution in [0.2, 0.25) is 5.04 Å². The highest BCUT2D eigenvalue weighted by Gasteiger charge is 2.52. The van der Waals surface area contributed by atoms with Crippen molar-refractivity contribution in [2.24, 2.45) is 0 Å². The summed E-state index contributed by atoms with van der Waals surface area (Å²) >= 11 is 0. The molecule has 0 fully saturated rings. The molecule has 192 valence electrons. The zero-order valence-electron chi connectivity index (χ0n) is 22.3. The van der Waals surface area contributed by atoms with Crippen molar-refractivity contribution in [2.45, 2.75) is 45.3 Å². The van der Waals surface area contributed by atoms with Gasteiger partial charge >= 0.3 is 14.3 Å². The molecule has 0 aromatic heterocycles. The van der Waals surface area contributed by atoms with Crippen molar-refractivity contribution < 1.29 is 14.0 Å². The first-order valence-electron chi connectivity index (χ1n) is 13.0. The molecule has 4 aromatic rings. The highest BCUT2D eigenvalue weighted by atomic mass is 28.4. The Morgan fingerprint density at radius 3 is 1.92 bits per heavy atom. The van der Waals surface area contributed by atoms with E-state index in [1.807, 2.05) is 66.7 Å². The fraction of sp³-hybridized carbons (Fsp3) is 0.206. The van der Waals surface area contributed by atoms with Crippen LogP contribution in [-0.2, 0) is 16.1 Å². The van der Waals surface area contributed by atoms with Gasteiger partial charge < -0.3 is 9.16 Å². The van der Waals surface area contributed by atoms with Crippen LogP contribution in [0.4, 0.5) is 0 Å². The molecule has 0 saturated carbocycles. The summed E-state index contributed by atoms with van der Waals surface area (Å²) in [5.74, 6) is 6.87. The first kappa shape index (κ1) is 27.0.